The molecule has 0 radical (unpaired) electrons. The molecule has 2 aliphatic rings. The number of allylic oxidation sites excluding steroid dienone is 3. The molecule has 0 atom stereocenters. The molecule has 102 valence electrons. The molecular formula is C18H30. The molecule has 0 aromatic heterocycles. The fourth-order valence-electron chi connectivity index (χ4n) is 3.24. The molecule has 2 rings (SSSR count). The van der Waals surface area contributed by atoms with Gasteiger partial charge < -0.3 is 0 Å². The summed E-state index contributed by atoms with van der Waals surface area (Å²) in [6.45, 7) is 8.54. The zero-order valence-corrected chi connectivity index (χ0v) is 12.5. The second kappa shape index (κ2) is 6.08. The fraction of sp³-hybridized carbons (Fsp3) is 0.778. The van der Waals surface area contributed by atoms with Crippen LogP contribution in [0.2, 0.25) is 0 Å². The first-order chi connectivity index (χ1) is 8.64. The lowest BCUT2D eigenvalue weighted by atomic mass is 9.85. The highest BCUT2D eigenvalue weighted by Gasteiger charge is 2.58. The number of unbranched alkanes of at least 4 members (excludes halogenated alkanes) is 7. The van der Waals surface area contributed by atoms with Gasteiger partial charge in [-0.15, -0.1) is 6.58 Å². The third-order valence-electron chi connectivity index (χ3n) is 4.89. The topological polar surface area (TPSA) is 0 Å². The van der Waals surface area contributed by atoms with Crippen molar-refractivity contribution in [3.63, 3.8) is 0 Å². The van der Waals surface area contributed by atoms with Crippen molar-refractivity contribution in [2.24, 2.45) is 5.41 Å². The monoisotopic (exact) mass is 246 g/mol. The van der Waals surface area contributed by atoms with Crippen molar-refractivity contribution < 1.29 is 0 Å². The Morgan fingerprint density at radius 3 is 1.89 bits per heavy atom. The highest BCUT2D eigenvalue weighted by Crippen LogP contribution is 2.72. The average molecular weight is 246 g/mol. The van der Waals surface area contributed by atoms with E-state index in [9.17, 15) is 0 Å². The molecule has 0 saturated carbocycles. The molecule has 0 saturated heterocycles. The third kappa shape index (κ3) is 3.73. The van der Waals surface area contributed by atoms with Crippen LogP contribution in [0.5, 0.6) is 0 Å². The van der Waals surface area contributed by atoms with Gasteiger partial charge in [-0.25, -0.2) is 0 Å². The van der Waals surface area contributed by atoms with Crippen LogP contribution >= 0.6 is 0 Å². The lowest BCUT2D eigenvalue weighted by molar-refractivity contribution is 0.447. The molecule has 0 heteroatoms. The summed E-state index contributed by atoms with van der Waals surface area (Å²) in [6.07, 6.45) is 15.6. The van der Waals surface area contributed by atoms with Crippen LogP contribution in [0.4, 0.5) is 0 Å². The highest BCUT2D eigenvalue weighted by atomic mass is 14.6. The summed E-state index contributed by atoms with van der Waals surface area (Å²) in [5.41, 5.74) is 5.65. The van der Waals surface area contributed by atoms with Gasteiger partial charge in [0.25, 0.3) is 0 Å². The van der Waals surface area contributed by atoms with E-state index in [0.29, 0.717) is 5.41 Å². The molecule has 0 bridgehead atoms. The van der Waals surface area contributed by atoms with Gasteiger partial charge in [0.2, 0.25) is 0 Å². The van der Waals surface area contributed by atoms with Crippen molar-refractivity contribution in [1.29, 1.82) is 0 Å². The molecule has 0 amide bonds. The Morgan fingerprint density at radius 2 is 1.44 bits per heavy atom. The minimum Gasteiger partial charge on any atom is -0.100 e. The number of hydrogen-bond acceptors (Lipinski definition) is 0. The SMILES string of the molecule is C=C(C)CCCCCCCCCCC1(C)C2=C1C2. The molecule has 0 aromatic carbocycles. The predicted octanol–water partition coefficient (Wildman–Crippen LogP) is 6.18. The number of rotatable bonds is 11. The van der Waals surface area contributed by atoms with Crippen molar-refractivity contribution in [3.8, 4) is 0 Å². The Kier molecular flexibility index (Phi) is 4.70. The number of hydrogen-bond donors (Lipinski definition) is 0. The second-order valence-corrected chi connectivity index (χ2v) is 6.75. The van der Waals surface area contributed by atoms with Gasteiger partial charge in [0.05, 0.1) is 0 Å². The van der Waals surface area contributed by atoms with Gasteiger partial charge in [0.15, 0.2) is 0 Å². The lowest BCUT2D eigenvalue weighted by Gasteiger charge is -2.19. The molecule has 0 N–H and O–H groups in total. The van der Waals surface area contributed by atoms with Crippen LogP contribution < -0.4 is 0 Å². The molecule has 2 aliphatic carbocycles. The first kappa shape index (κ1) is 13.9. The summed E-state index contributed by atoms with van der Waals surface area (Å²) in [5, 5.41) is 0. The van der Waals surface area contributed by atoms with Crippen molar-refractivity contribution in [2.45, 2.75) is 84.5 Å². The average Bonchev–Trinajstić information content (AvgIpc) is 3.20. The second-order valence-electron chi connectivity index (χ2n) is 6.75. The quantitative estimate of drug-likeness (QED) is 0.301. The Balaban J connectivity index is 1.29. The van der Waals surface area contributed by atoms with Crippen LogP contribution in [0, 0.1) is 5.41 Å². The van der Waals surface area contributed by atoms with E-state index >= 15 is 0 Å². The minimum absolute atomic E-state index is 0.669. The Morgan fingerprint density at radius 1 is 0.944 bits per heavy atom. The van der Waals surface area contributed by atoms with E-state index in [4.69, 9.17) is 0 Å². The van der Waals surface area contributed by atoms with Crippen molar-refractivity contribution in [3.05, 3.63) is 23.3 Å². The van der Waals surface area contributed by atoms with Crippen LogP contribution in [-0.4, -0.2) is 0 Å². The van der Waals surface area contributed by atoms with Gasteiger partial charge in [-0.1, -0.05) is 68.6 Å². The third-order valence-corrected chi connectivity index (χ3v) is 4.89. The van der Waals surface area contributed by atoms with Crippen LogP contribution in [0.3, 0.4) is 0 Å². The fourth-order valence-corrected chi connectivity index (χ4v) is 3.24. The van der Waals surface area contributed by atoms with E-state index in [1.165, 1.54) is 76.2 Å². The van der Waals surface area contributed by atoms with Crippen LogP contribution in [0.25, 0.3) is 0 Å². The Hall–Kier alpha value is -0.520. The van der Waals surface area contributed by atoms with E-state index in [-0.39, 0.29) is 0 Å². The van der Waals surface area contributed by atoms with Gasteiger partial charge in [-0.05, 0) is 32.6 Å². The van der Waals surface area contributed by atoms with Crippen molar-refractivity contribution in [1.82, 2.24) is 0 Å². The maximum absolute atomic E-state index is 3.95. The first-order valence-corrected chi connectivity index (χ1v) is 8.02. The Bertz CT molecular complexity index is 320. The molecule has 0 spiro atoms. The summed E-state index contributed by atoms with van der Waals surface area (Å²) < 4.78 is 0. The largest absolute Gasteiger partial charge is 0.100 e. The van der Waals surface area contributed by atoms with Gasteiger partial charge >= 0.3 is 0 Å². The van der Waals surface area contributed by atoms with Crippen LogP contribution in [0.15, 0.2) is 23.3 Å². The van der Waals surface area contributed by atoms with Crippen molar-refractivity contribution in [2.75, 3.05) is 0 Å². The summed E-state index contributed by atoms with van der Waals surface area (Å²) in [7, 11) is 0. The lowest BCUT2D eigenvalue weighted by Crippen LogP contribution is -2.07. The van der Waals surface area contributed by atoms with E-state index in [1.54, 1.807) is 0 Å². The van der Waals surface area contributed by atoms with Crippen molar-refractivity contribution >= 4 is 0 Å². The molecule has 0 heterocycles. The summed E-state index contributed by atoms with van der Waals surface area (Å²) in [6, 6.07) is 0. The zero-order valence-electron chi connectivity index (χ0n) is 12.5. The van der Waals surface area contributed by atoms with E-state index in [2.05, 4.69) is 20.4 Å². The minimum atomic E-state index is 0.669. The molecule has 0 unspecified atom stereocenters. The molecule has 0 nitrogen and oxygen atoms in total. The summed E-state index contributed by atoms with van der Waals surface area (Å²) >= 11 is 0. The molecule has 0 fully saturated rings. The van der Waals surface area contributed by atoms with Crippen LogP contribution in [0.1, 0.15) is 84.5 Å². The standard InChI is InChI=1S/C18H30/c1-15(2)12-10-8-6-4-5-7-9-11-13-18(3)16-14-17(16)18/h1,4-14H2,2-3H3. The van der Waals surface area contributed by atoms with E-state index < -0.39 is 0 Å². The molecule has 0 aliphatic heterocycles. The first-order valence-electron chi connectivity index (χ1n) is 8.02. The Labute approximate surface area is 114 Å². The van der Waals surface area contributed by atoms with Crippen LogP contribution in [-0.2, 0) is 0 Å². The van der Waals surface area contributed by atoms with E-state index in [1.807, 2.05) is 11.1 Å². The van der Waals surface area contributed by atoms with Gasteiger partial charge in [-0.2, -0.15) is 0 Å². The zero-order chi connectivity index (χ0) is 13.0. The maximum Gasteiger partial charge on any atom is 0.0105 e. The van der Waals surface area contributed by atoms with Gasteiger partial charge in [-0.3, -0.25) is 0 Å². The molecule has 0 aromatic rings. The van der Waals surface area contributed by atoms with Gasteiger partial charge in [0, 0.05) is 5.41 Å². The highest BCUT2D eigenvalue weighted by molar-refractivity contribution is 5.65. The van der Waals surface area contributed by atoms with Gasteiger partial charge in [0.1, 0.15) is 0 Å². The molecule has 18 heavy (non-hydrogen) atoms. The molecular weight excluding hydrogens is 216 g/mol. The predicted molar refractivity (Wildman–Crippen MR) is 80.7 cm³/mol. The summed E-state index contributed by atoms with van der Waals surface area (Å²) in [4.78, 5) is 0. The smallest absolute Gasteiger partial charge is 0.0105 e. The maximum atomic E-state index is 3.95. The van der Waals surface area contributed by atoms with E-state index in [0.717, 1.165) is 0 Å². The normalized spacial score (nSPS) is 18.8. The summed E-state index contributed by atoms with van der Waals surface area (Å²) in [5.74, 6) is 0.